The molecule has 6 nitrogen and oxygen atoms in total. The second-order valence-electron chi connectivity index (χ2n) is 5.69. The fourth-order valence-corrected chi connectivity index (χ4v) is 2.36. The highest BCUT2D eigenvalue weighted by molar-refractivity contribution is 5.89. The van der Waals surface area contributed by atoms with E-state index in [0.717, 1.165) is 5.69 Å². The first-order valence-corrected chi connectivity index (χ1v) is 6.96. The summed E-state index contributed by atoms with van der Waals surface area (Å²) < 4.78 is 5.15. The summed E-state index contributed by atoms with van der Waals surface area (Å²) >= 11 is 0. The van der Waals surface area contributed by atoms with Crippen LogP contribution < -0.4 is 5.32 Å². The number of nitrogens with one attached hydrogen (secondary N) is 1. The molecule has 2 amide bonds. The third-order valence-electron chi connectivity index (χ3n) is 3.28. The Kier molecular flexibility index (Phi) is 4.42. The molecule has 1 atom stereocenters. The normalized spacial score (nSPS) is 20.2. The molecule has 2 rings (SSSR count). The van der Waals surface area contributed by atoms with Crippen molar-refractivity contribution in [3.63, 3.8) is 0 Å². The molecule has 1 saturated heterocycles. The van der Waals surface area contributed by atoms with Crippen molar-refractivity contribution < 1.29 is 14.1 Å². The quantitative estimate of drug-likeness (QED) is 0.900. The van der Waals surface area contributed by atoms with Crippen molar-refractivity contribution in [2.75, 3.05) is 6.54 Å². The summed E-state index contributed by atoms with van der Waals surface area (Å²) in [6.07, 6.45) is 0.976. The minimum absolute atomic E-state index is 0.0430. The van der Waals surface area contributed by atoms with Gasteiger partial charge in [0.1, 0.15) is 6.04 Å². The van der Waals surface area contributed by atoms with Gasteiger partial charge in [0.15, 0.2) is 5.76 Å². The number of hydrogen-bond donors (Lipinski definition) is 1. The standard InChI is InChI=1S/C14H21N3O3/c1-9(2)6-12-14(19)17(5-4-13(18)15-12)8-11-7-10(3)16-20-11/h7,9,12H,4-6,8H2,1-3H3,(H,15,18). The van der Waals surface area contributed by atoms with Gasteiger partial charge in [-0.3, -0.25) is 9.59 Å². The molecule has 1 aliphatic heterocycles. The summed E-state index contributed by atoms with van der Waals surface area (Å²) in [6, 6.07) is 1.37. The maximum atomic E-state index is 12.5. The van der Waals surface area contributed by atoms with Crippen molar-refractivity contribution in [3.05, 3.63) is 17.5 Å². The Labute approximate surface area is 118 Å². The third kappa shape index (κ3) is 3.59. The number of amides is 2. The van der Waals surface area contributed by atoms with Crippen LogP contribution in [-0.2, 0) is 16.1 Å². The van der Waals surface area contributed by atoms with Crippen LogP contribution in [0.3, 0.4) is 0 Å². The Morgan fingerprint density at radius 1 is 1.50 bits per heavy atom. The van der Waals surface area contributed by atoms with E-state index in [9.17, 15) is 9.59 Å². The van der Waals surface area contributed by atoms with Crippen molar-refractivity contribution in [3.8, 4) is 0 Å². The van der Waals surface area contributed by atoms with Crippen molar-refractivity contribution in [2.24, 2.45) is 5.92 Å². The van der Waals surface area contributed by atoms with Crippen LogP contribution in [0.15, 0.2) is 10.6 Å². The van der Waals surface area contributed by atoms with Gasteiger partial charge in [0, 0.05) is 19.0 Å². The molecular formula is C14H21N3O3. The lowest BCUT2D eigenvalue weighted by molar-refractivity contribution is -0.134. The molecule has 0 aliphatic carbocycles. The molecule has 20 heavy (non-hydrogen) atoms. The highest BCUT2D eigenvalue weighted by Crippen LogP contribution is 2.15. The van der Waals surface area contributed by atoms with Crippen LogP contribution in [0, 0.1) is 12.8 Å². The van der Waals surface area contributed by atoms with Gasteiger partial charge in [-0.25, -0.2) is 0 Å². The predicted octanol–water partition coefficient (Wildman–Crippen LogP) is 1.25. The highest BCUT2D eigenvalue weighted by Gasteiger charge is 2.30. The van der Waals surface area contributed by atoms with E-state index in [1.54, 1.807) is 4.90 Å². The van der Waals surface area contributed by atoms with Gasteiger partial charge in [0.2, 0.25) is 11.8 Å². The fraction of sp³-hybridized carbons (Fsp3) is 0.643. The second kappa shape index (κ2) is 6.07. The van der Waals surface area contributed by atoms with Crippen LogP contribution in [0.5, 0.6) is 0 Å². The summed E-state index contributed by atoms with van der Waals surface area (Å²) in [5, 5.41) is 6.62. The molecule has 1 fully saturated rings. The topological polar surface area (TPSA) is 75.4 Å². The minimum Gasteiger partial charge on any atom is -0.359 e. The molecule has 6 heteroatoms. The second-order valence-corrected chi connectivity index (χ2v) is 5.69. The summed E-state index contributed by atoms with van der Waals surface area (Å²) in [6.45, 7) is 6.69. The average molecular weight is 279 g/mol. The molecule has 0 aromatic carbocycles. The third-order valence-corrected chi connectivity index (χ3v) is 3.28. The maximum absolute atomic E-state index is 12.5. The summed E-state index contributed by atoms with van der Waals surface area (Å²) in [7, 11) is 0. The molecule has 1 aliphatic rings. The number of aromatic nitrogens is 1. The molecule has 1 aromatic heterocycles. The van der Waals surface area contributed by atoms with E-state index in [4.69, 9.17) is 4.52 Å². The first kappa shape index (κ1) is 14.6. The number of nitrogens with zero attached hydrogens (tertiary/aromatic N) is 2. The lowest BCUT2D eigenvalue weighted by Crippen LogP contribution is -2.45. The van der Waals surface area contributed by atoms with Crippen molar-refractivity contribution in [1.82, 2.24) is 15.4 Å². The molecule has 1 unspecified atom stereocenters. The number of hydrogen-bond acceptors (Lipinski definition) is 4. The zero-order valence-electron chi connectivity index (χ0n) is 12.2. The Morgan fingerprint density at radius 2 is 2.25 bits per heavy atom. The number of carbonyl (C=O) groups is 2. The van der Waals surface area contributed by atoms with Crippen LogP contribution in [0.4, 0.5) is 0 Å². The monoisotopic (exact) mass is 279 g/mol. The molecule has 0 radical (unpaired) electrons. The van der Waals surface area contributed by atoms with E-state index in [1.807, 2.05) is 26.8 Å². The summed E-state index contributed by atoms with van der Waals surface area (Å²) in [5.74, 6) is 0.879. The van der Waals surface area contributed by atoms with Gasteiger partial charge in [-0.05, 0) is 19.3 Å². The van der Waals surface area contributed by atoms with E-state index < -0.39 is 6.04 Å². The average Bonchev–Trinajstić information content (AvgIpc) is 2.72. The van der Waals surface area contributed by atoms with Gasteiger partial charge >= 0.3 is 0 Å². The lowest BCUT2D eigenvalue weighted by Gasteiger charge is -2.23. The van der Waals surface area contributed by atoms with Crippen LogP contribution in [-0.4, -0.2) is 34.5 Å². The van der Waals surface area contributed by atoms with Gasteiger partial charge in [-0.1, -0.05) is 19.0 Å². The zero-order chi connectivity index (χ0) is 14.7. The highest BCUT2D eigenvalue weighted by atomic mass is 16.5. The largest absolute Gasteiger partial charge is 0.359 e. The van der Waals surface area contributed by atoms with Crippen LogP contribution >= 0.6 is 0 Å². The Balaban J connectivity index is 2.10. The van der Waals surface area contributed by atoms with Gasteiger partial charge in [0.05, 0.1) is 12.2 Å². The minimum atomic E-state index is -0.436. The van der Waals surface area contributed by atoms with E-state index in [2.05, 4.69) is 10.5 Å². The first-order chi connectivity index (χ1) is 9.45. The predicted molar refractivity (Wildman–Crippen MR) is 72.7 cm³/mol. The number of carbonyl (C=O) groups excluding carboxylic acids is 2. The van der Waals surface area contributed by atoms with Gasteiger partial charge in [-0.2, -0.15) is 0 Å². The summed E-state index contributed by atoms with van der Waals surface area (Å²) in [5.41, 5.74) is 0.787. The molecule has 0 saturated carbocycles. The SMILES string of the molecule is Cc1cc(CN2CCC(=O)NC(CC(C)C)C2=O)on1. The summed E-state index contributed by atoms with van der Waals surface area (Å²) in [4.78, 5) is 25.9. The van der Waals surface area contributed by atoms with Crippen molar-refractivity contribution in [1.29, 1.82) is 0 Å². The van der Waals surface area contributed by atoms with Crippen LogP contribution in [0.1, 0.15) is 38.1 Å². The van der Waals surface area contributed by atoms with E-state index in [-0.39, 0.29) is 11.8 Å². The number of aryl methyl sites for hydroxylation is 1. The number of rotatable bonds is 4. The van der Waals surface area contributed by atoms with Gasteiger partial charge in [0.25, 0.3) is 0 Å². The Morgan fingerprint density at radius 3 is 2.85 bits per heavy atom. The van der Waals surface area contributed by atoms with E-state index in [0.29, 0.717) is 37.6 Å². The van der Waals surface area contributed by atoms with Crippen molar-refractivity contribution in [2.45, 2.75) is 46.2 Å². The molecule has 1 aromatic rings. The zero-order valence-corrected chi connectivity index (χ0v) is 12.2. The van der Waals surface area contributed by atoms with Crippen LogP contribution in [0.2, 0.25) is 0 Å². The molecule has 2 heterocycles. The van der Waals surface area contributed by atoms with E-state index >= 15 is 0 Å². The molecule has 0 bridgehead atoms. The van der Waals surface area contributed by atoms with Gasteiger partial charge in [-0.15, -0.1) is 0 Å². The van der Waals surface area contributed by atoms with Gasteiger partial charge < -0.3 is 14.7 Å². The molecule has 0 spiro atoms. The Hall–Kier alpha value is -1.85. The lowest BCUT2D eigenvalue weighted by atomic mass is 10.0. The van der Waals surface area contributed by atoms with E-state index in [1.165, 1.54) is 0 Å². The Bertz CT molecular complexity index is 496. The smallest absolute Gasteiger partial charge is 0.245 e. The maximum Gasteiger partial charge on any atom is 0.245 e. The molecular weight excluding hydrogens is 258 g/mol. The fourth-order valence-electron chi connectivity index (χ4n) is 2.36. The molecule has 110 valence electrons. The van der Waals surface area contributed by atoms with Crippen molar-refractivity contribution >= 4 is 11.8 Å². The molecule has 1 N–H and O–H groups in total. The first-order valence-electron chi connectivity index (χ1n) is 6.96. The van der Waals surface area contributed by atoms with Crippen LogP contribution in [0.25, 0.3) is 0 Å².